The standard InChI is InChI=1S/C38H36Cl2F3N5O5S/c1-3-16-46(17-4-2)35-33(40)34(38(41,42)43)48(44-35)32-15-13-25(19-30(32)37(51)47-21-26-9-6-5-8-24(26)18-27(47)22-49)36(50)45-54(52,53)28-14-12-23-10-7-11-31(39)29(23)20-28/h5-15,19-20,27,49H,3-4,16-18,21-22H2,1-2H3,(H,45,50). The number of carbonyl (C=O) groups excluding carboxylic acids is 2. The second-order valence-electron chi connectivity index (χ2n) is 12.9. The highest BCUT2D eigenvalue weighted by atomic mass is 35.5. The molecule has 0 radical (unpaired) electrons. The summed E-state index contributed by atoms with van der Waals surface area (Å²) >= 11 is 12.7. The van der Waals surface area contributed by atoms with Crippen LogP contribution < -0.4 is 9.62 Å². The molecule has 1 unspecified atom stereocenters. The van der Waals surface area contributed by atoms with Crippen molar-refractivity contribution in [2.24, 2.45) is 0 Å². The highest BCUT2D eigenvalue weighted by Gasteiger charge is 2.42. The van der Waals surface area contributed by atoms with Crippen molar-refractivity contribution in [2.45, 2.75) is 56.8 Å². The molecule has 284 valence electrons. The summed E-state index contributed by atoms with van der Waals surface area (Å²) in [6.45, 7) is 3.99. The van der Waals surface area contributed by atoms with Gasteiger partial charge in [-0.25, -0.2) is 17.8 Å². The monoisotopic (exact) mass is 801 g/mol. The van der Waals surface area contributed by atoms with Crippen LogP contribution in [0.4, 0.5) is 19.0 Å². The molecule has 0 aliphatic carbocycles. The molecule has 1 aliphatic rings. The molecule has 0 fully saturated rings. The number of halogens is 5. The van der Waals surface area contributed by atoms with Gasteiger partial charge in [0.15, 0.2) is 11.5 Å². The van der Waals surface area contributed by atoms with Crippen molar-refractivity contribution >= 4 is 61.6 Å². The second kappa shape index (κ2) is 15.6. The Morgan fingerprint density at radius 2 is 1.67 bits per heavy atom. The van der Waals surface area contributed by atoms with Crippen LogP contribution in [0, 0.1) is 0 Å². The van der Waals surface area contributed by atoms with Crippen molar-refractivity contribution in [1.29, 1.82) is 0 Å². The van der Waals surface area contributed by atoms with Gasteiger partial charge in [0, 0.05) is 35.6 Å². The van der Waals surface area contributed by atoms with E-state index in [4.69, 9.17) is 23.2 Å². The number of hydrogen-bond donors (Lipinski definition) is 2. The number of aliphatic hydroxyl groups excluding tert-OH is 1. The number of nitrogens with one attached hydrogen (secondary N) is 1. The zero-order valence-corrected chi connectivity index (χ0v) is 31.5. The Morgan fingerprint density at radius 3 is 2.33 bits per heavy atom. The van der Waals surface area contributed by atoms with Crippen LogP contribution in [0.5, 0.6) is 0 Å². The fourth-order valence-electron chi connectivity index (χ4n) is 6.67. The van der Waals surface area contributed by atoms with Gasteiger partial charge in [-0.3, -0.25) is 9.59 Å². The Bertz CT molecular complexity index is 2350. The lowest BCUT2D eigenvalue weighted by atomic mass is 9.93. The fraction of sp³-hybridized carbons (Fsp3) is 0.289. The zero-order valence-electron chi connectivity index (χ0n) is 29.2. The van der Waals surface area contributed by atoms with Crippen molar-refractivity contribution in [1.82, 2.24) is 19.4 Å². The number of anilines is 1. The molecule has 16 heteroatoms. The van der Waals surface area contributed by atoms with E-state index in [0.29, 0.717) is 46.4 Å². The van der Waals surface area contributed by atoms with Crippen LogP contribution >= 0.6 is 23.2 Å². The summed E-state index contributed by atoms with van der Waals surface area (Å²) in [4.78, 5) is 30.9. The SMILES string of the molecule is CCCN(CCC)c1nn(-c2ccc(C(=O)NS(=O)(=O)c3ccc4cccc(Cl)c4c3)cc2C(=O)N2Cc3ccccc3CC2CO)c(C(F)(F)F)c1Cl. The fourth-order valence-corrected chi connectivity index (χ4v) is 8.25. The van der Waals surface area contributed by atoms with E-state index in [9.17, 15) is 36.3 Å². The smallest absolute Gasteiger partial charge is 0.394 e. The largest absolute Gasteiger partial charge is 0.435 e. The number of alkyl halides is 3. The topological polar surface area (TPSA) is 125 Å². The van der Waals surface area contributed by atoms with E-state index in [1.165, 1.54) is 23.1 Å². The summed E-state index contributed by atoms with van der Waals surface area (Å²) in [7, 11) is -4.50. The molecule has 10 nitrogen and oxygen atoms in total. The number of sulfonamides is 1. The second-order valence-corrected chi connectivity index (χ2v) is 15.4. The Balaban J connectivity index is 1.48. The van der Waals surface area contributed by atoms with Crippen molar-refractivity contribution in [3.8, 4) is 5.69 Å². The maximum Gasteiger partial charge on any atom is 0.435 e. The summed E-state index contributed by atoms with van der Waals surface area (Å²) in [6.07, 6.45) is -3.59. The first-order valence-corrected chi connectivity index (χ1v) is 19.4. The van der Waals surface area contributed by atoms with Gasteiger partial charge in [0.1, 0.15) is 5.02 Å². The Labute approximate surface area is 320 Å². The van der Waals surface area contributed by atoms with E-state index < -0.39 is 56.9 Å². The molecule has 54 heavy (non-hydrogen) atoms. The van der Waals surface area contributed by atoms with E-state index >= 15 is 0 Å². The van der Waals surface area contributed by atoms with Crippen LogP contribution in [0.15, 0.2) is 83.8 Å². The summed E-state index contributed by atoms with van der Waals surface area (Å²) in [5, 5.41) is 15.4. The van der Waals surface area contributed by atoms with Gasteiger partial charge in [0.05, 0.1) is 28.8 Å². The molecule has 0 saturated carbocycles. The lowest BCUT2D eigenvalue weighted by molar-refractivity contribution is -0.142. The predicted octanol–water partition coefficient (Wildman–Crippen LogP) is 7.66. The molecule has 1 aromatic heterocycles. The molecule has 0 bridgehead atoms. The van der Waals surface area contributed by atoms with Gasteiger partial charge >= 0.3 is 6.18 Å². The number of hydrogen-bond acceptors (Lipinski definition) is 7. The van der Waals surface area contributed by atoms with Crippen LogP contribution in [-0.2, 0) is 29.2 Å². The number of rotatable bonds is 11. The van der Waals surface area contributed by atoms with Crippen LogP contribution in [0.3, 0.4) is 0 Å². The zero-order chi connectivity index (χ0) is 38.9. The van der Waals surface area contributed by atoms with Crippen LogP contribution in [0.25, 0.3) is 16.5 Å². The average molecular weight is 803 g/mol. The van der Waals surface area contributed by atoms with Gasteiger partial charge < -0.3 is 14.9 Å². The molecule has 5 aromatic rings. The van der Waals surface area contributed by atoms with Crippen molar-refractivity contribution in [2.75, 3.05) is 24.6 Å². The average Bonchev–Trinajstić information content (AvgIpc) is 3.50. The number of aromatic nitrogens is 2. The van der Waals surface area contributed by atoms with E-state index in [1.807, 2.05) is 30.7 Å². The quantitative estimate of drug-likeness (QED) is 0.141. The molecule has 4 aromatic carbocycles. The van der Waals surface area contributed by atoms with Gasteiger partial charge in [-0.1, -0.05) is 79.5 Å². The Kier molecular flexibility index (Phi) is 11.3. The van der Waals surface area contributed by atoms with Gasteiger partial charge in [-0.15, -0.1) is 5.10 Å². The summed E-state index contributed by atoms with van der Waals surface area (Å²) < 4.78 is 74.0. The lowest BCUT2D eigenvalue weighted by Crippen LogP contribution is -2.46. The number of amides is 2. The van der Waals surface area contributed by atoms with Gasteiger partial charge in [0.25, 0.3) is 21.8 Å². The van der Waals surface area contributed by atoms with Crippen molar-refractivity contribution < 1.29 is 36.3 Å². The lowest BCUT2D eigenvalue weighted by Gasteiger charge is -2.36. The minimum atomic E-state index is -5.03. The van der Waals surface area contributed by atoms with Crippen LogP contribution in [0.2, 0.25) is 10.0 Å². The third kappa shape index (κ3) is 7.65. The first-order chi connectivity index (χ1) is 25.7. The summed E-state index contributed by atoms with van der Waals surface area (Å²) in [6, 6.07) is 18.9. The van der Waals surface area contributed by atoms with E-state index in [2.05, 4.69) is 5.10 Å². The molecule has 2 N–H and O–H groups in total. The number of benzene rings is 4. The van der Waals surface area contributed by atoms with E-state index in [0.717, 1.165) is 29.3 Å². The van der Waals surface area contributed by atoms with E-state index in [1.54, 1.807) is 35.2 Å². The minimum absolute atomic E-state index is 0.00696. The normalized spacial score (nSPS) is 14.6. The molecular formula is C38H36Cl2F3N5O5S. The van der Waals surface area contributed by atoms with Crippen molar-refractivity contribution in [3.63, 3.8) is 0 Å². The minimum Gasteiger partial charge on any atom is -0.394 e. The number of aliphatic hydroxyl groups is 1. The molecular weight excluding hydrogens is 766 g/mol. The summed E-state index contributed by atoms with van der Waals surface area (Å²) in [5.41, 5.74) is -0.765. The van der Waals surface area contributed by atoms with Crippen LogP contribution in [0.1, 0.15) is 64.2 Å². The highest BCUT2D eigenvalue weighted by Crippen LogP contribution is 2.42. The van der Waals surface area contributed by atoms with Crippen molar-refractivity contribution in [3.05, 3.63) is 117 Å². The molecule has 1 aliphatic heterocycles. The maximum absolute atomic E-state index is 14.9. The number of carbonyl (C=O) groups is 2. The first kappa shape index (κ1) is 39.1. The van der Waals surface area contributed by atoms with Gasteiger partial charge in [0.2, 0.25) is 0 Å². The number of fused-ring (bicyclic) bond motifs is 2. The molecule has 6 rings (SSSR count). The maximum atomic E-state index is 14.9. The molecule has 0 saturated heterocycles. The Hall–Kier alpha value is -4.63. The molecule has 2 amide bonds. The molecule has 2 heterocycles. The van der Waals surface area contributed by atoms with Gasteiger partial charge in [-0.2, -0.15) is 13.2 Å². The van der Waals surface area contributed by atoms with E-state index in [-0.39, 0.29) is 34.9 Å². The Morgan fingerprint density at radius 1 is 0.963 bits per heavy atom. The third-order valence-electron chi connectivity index (χ3n) is 9.25. The van der Waals surface area contributed by atoms with Crippen LogP contribution in [-0.4, -0.2) is 65.8 Å². The predicted molar refractivity (Wildman–Crippen MR) is 201 cm³/mol. The van der Waals surface area contributed by atoms with Gasteiger partial charge in [-0.05, 0) is 72.2 Å². The third-order valence-corrected chi connectivity index (χ3v) is 11.3. The number of nitrogens with zero attached hydrogens (tertiary/aromatic N) is 4. The summed E-state index contributed by atoms with van der Waals surface area (Å²) in [5.74, 6) is -2.10. The first-order valence-electron chi connectivity index (χ1n) is 17.2. The highest BCUT2D eigenvalue weighted by molar-refractivity contribution is 7.90. The molecule has 0 spiro atoms. The molecule has 1 atom stereocenters.